The summed E-state index contributed by atoms with van der Waals surface area (Å²) in [6, 6.07) is 16.3. The monoisotopic (exact) mass is 308 g/mol. The number of anilines is 1. The Bertz CT molecular complexity index is 689. The summed E-state index contributed by atoms with van der Waals surface area (Å²) < 4.78 is 0. The molecule has 2 rings (SSSR count). The van der Waals surface area contributed by atoms with Crippen LogP contribution in [-0.2, 0) is 0 Å². The highest BCUT2D eigenvalue weighted by molar-refractivity contribution is 6.07. The largest absolute Gasteiger partial charge is 0.336 e. The van der Waals surface area contributed by atoms with Crippen molar-refractivity contribution in [3.05, 3.63) is 71.8 Å². The molecule has 0 aliphatic rings. The third-order valence-corrected chi connectivity index (χ3v) is 3.07. The van der Waals surface area contributed by atoms with Gasteiger partial charge in [0.05, 0.1) is 0 Å². The van der Waals surface area contributed by atoms with Gasteiger partial charge >= 0.3 is 6.03 Å². The predicted octanol–water partition coefficient (Wildman–Crippen LogP) is 4.11. The summed E-state index contributed by atoms with van der Waals surface area (Å²) in [7, 11) is 0. The Hall–Kier alpha value is -2.88. The number of hydrogen-bond acceptors (Lipinski definition) is 2. The normalized spacial score (nSPS) is 10.7. The second-order valence-electron chi connectivity index (χ2n) is 5.44. The molecule has 4 nitrogen and oxygen atoms in total. The van der Waals surface area contributed by atoms with Crippen LogP contribution < -0.4 is 10.6 Å². The summed E-state index contributed by atoms with van der Waals surface area (Å²) in [6.07, 6.45) is 3.33. The van der Waals surface area contributed by atoms with Gasteiger partial charge in [-0.15, -0.1) is 0 Å². The zero-order valence-electron chi connectivity index (χ0n) is 13.2. The minimum Gasteiger partial charge on any atom is -0.336 e. The zero-order chi connectivity index (χ0) is 16.7. The fraction of sp³-hybridized carbons (Fsp3) is 0.158. The van der Waals surface area contributed by atoms with E-state index in [2.05, 4.69) is 10.6 Å². The number of hydrogen-bond donors (Lipinski definition) is 2. The Morgan fingerprint density at radius 1 is 0.957 bits per heavy atom. The minimum atomic E-state index is -0.261. The van der Waals surface area contributed by atoms with Gasteiger partial charge in [0.2, 0.25) is 0 Å². The zero-order valence-corrected chi connectivity index (χ0v) is 13.2. The molecule has 0 saturated carbocycles. The fourth-order valence-corrected chi connectivity index (χ4v) is 1.98. The number of ketones is 1. The Morgan fingerprint density at radius 2 is 1.61 bits per heavy atom. The van der Waals surface area contributed by atoms with Crippen LogP contribution in [0.3, 0.4) is 0 Å². The van der Waals surface area contributed by atoms with Crippen molar-refractivity contribution in [2.24, 2.45) is 0 Å². The summed E-state index contributed by atoms with van der Waals surface area (Å²) >= 11 is 0. The van der Waals surface area contributed by atoms with Crippen LogP contribution in [0.15, 0.2) is 60.7 Å². The van der Waals surface area contributed by atoms with Gasteiger partial charge in [0, 0.05) is 17.3 Å². The second kappa shape index (κ2) is 7.94. The molecule has 118 valence electrons. The molecule has 0 aliphatic carbocycles. The highest BCUT2D eigenvalue weighted by atomic mass is 16.2. The SMILES string of the molecule is CC(C)NC(=O)Nc1ccc(C(=O)C=Cc2ccccc2)cc1. The molecule has 0 aliphatic heterocycles. The maximum atomic E-state index is 12.1. The summed E-state index contributed by atoms with van der Waals surface area (Å²) in [5.74, 6) is -0.0768. The summed E-state index contributed by atoms with van der Waals surface area (Å²) in [5.41, 5.74) is 2.20. The van der Waals surface area contributed by atoms with Crippen molar-refractivity contribution in [3.8, 4) is 0 Å². The van der Waals surface area contributed by atoms with Crippen LogP contribution in [0, 0.1) is 0 Å². The summed E-state index contributed by atoms with van der Waals surface area (Å²) in [6.45, 7) is 3.78. The van der Waals surface area contributed by atoms with Crippen LogP contribution in [-0.4, -0.2) is 17.9 Å². The third kappa shape index (κ3) is 5.43. The van der Waals surface area contributed by atoms with Gasteiger partial charge in [-0.1, -0.05) is 36.4 Å². The van der Waals surface area contributed by atoms with E-state index >= 15 is 0 Å². The molecule has 2 aromatic carbocycles. The molecule has 2 N–H and O–H groups in total. The molecular formula is C19H20N2O2. The molecular weight excluding hydrogens is 288 g/mol. The first-order chi connectivity index (χ1) is 11.0. The van der Waals surface area contributed by atoms with E-state index in [1.807, 2.05) is 44.2 Å². The van der Waals surface area contributed by atoms with E-state index in [0.717, 1.165) is 5.56 Å². The molecule has 0 heterocycles. The van der Waals surface area contributed by atoms with Crippen LogP contribution in [0.2, 0.25) is 0 Å². The highest BCUT2D eigenvalue weighted by Gasteiger charge is 2.05. The second-order valence-corrected chi connectivity index (χ2v) is 5.44. The van der Waals surface area contributed by atoms with Gasteiger partial charge < -0.3 is 10.6 Å². The maximum absolute atomic E-state index is 12.1. The minimum absolute atomic E-state index is 0.0685. The van der Waals surface area contributed by atoms with Crippen LogP contribution in [0.25, 0.3) is 6.08 Å². The van der Waals surface area contributed by atoms with Crippen LogP contribution in [0.1, 0.15) is 29.8 Å². The van der Waals surface area contributed by atoms with Crippen LogP contribution >= 0.6 is 0 Å². The Balaban J connectivity index is 1.97. The maximum Gasteiger partial charge on any atom is 0.319 e. The Kier molecular flexibility index (Phi) is 5.69. The number of carbonyl (C=O) groups excluding carboxylic acids is 2. The molecule has 23 heavy (non-hydrogen) atoms. The average Bonchev–Trinajstić information content (AvgIpc) is 2.53. The molecule has 0 unspecified atom stereocenters. The lowest BCUT2D eigenvalue weighted by Crippen LogP contribution is -2.34. The van der Waals surface area contributed by atoms with Crippen molar-refractivity contribution in [2.75, 3.05) is 5.32 Å². The Morgan fingerprint density at radius 3 is 2.22 bits per heavy atom. The van der Waals surface area contributed by atoms with Crippen molar-refractivity contribution in [1.29, 1.82) is 0 Å². The van der Waals surface area contributed by atoms with Gasteiger partial charge in [-0.2, -0.15) is 0 Å². The number of amides is 2. The van der Waals surface area contributed by atoms with Gasteiger partial charge in [0.25, 0.3) is 0 Å². The van der Waals surface area contributed by atoms with Gasteiger partial charge in [-0.05, 0) is 49.8 Å². The number of carbonyl (C=O) groups is 2. The molecule has 4 heteroatoms. The first-order valence-corrected chi connectivity index (χ1v) is 7.49. The molecule has 0 fully saturated rings. The number of rotatable bonds is 5. The Labute approximate surface area is 136 Å². The smallest absolute Gasteiger partial charge is 0.319 e. The van der Waals surface area contributed by atoms with E-state index in [-0.39, 0.29) is 17.9 Å². The summed E-state index contributed by atoms with van der Waals surface area (Å²) in [4.78, 5) is 23.7. The van der Waals surface area contributed by atoms with Crippen molar-refractivity contribution >= 4 is 23.6 Å². The number of allylic oxidation sites excluding steroid dienone is 1. The molecule has 0 radical (unpaired) electrons. The summed E-state index contributed by atoms with van der Waals surface area (Å²) in [5, 5.41) is 5.46. The number of urea groups is 1. The highest BCUT2D eigenvalue weighted by Crippen LogP contribution is 2.11. The van der Waals surface area contributed by atoms with Gasteiger partial charge in [-0.25, -0.2) is 4.79 Å². The molecule has 0 atom stereocenters. The first kappa shape index (κ1) is 16.5. The van der Waals surface area contributed by atoms with Crippen molar-refractivity contribution in [1.82, 2.24) is 5.32 Å². The van der Waals surface area contributed by atoms with Gasteiger partial charge in [0.15, 0.2) is 5.78 Å². The standard InChI is InChI=1S/C19H20N2O2/c1-14(2)20-19(23)21-17-11-9-16(10-12-17)18(22)13-8-15-6-4-3-5-7-15/h3-14H,1-2H3,(H2,20,21,23). The fourth-order valence-electron chi connectivity index (χ4n) is 1.98. The van der Waals surface area contributed by atoms with E-state index in [1.165, 1.54) is 0 Å². The predicted molar refractivity (Wildman–Crippen MR) is 93.5 cm³/mol. The lowest BCUT2D eigenvalue weighted by atomic mass is 10.1. The van der Waals surface area contributed by atoms with Gasteiger partial charge in [-0.3, -0.25) is 4.79 Å². The van der Waals surface area contributed by atoms with E-state index < -0.39 is 0 Å². The quantitative estimate of drug-likeness (QED) is 0.645. The lowest BCUT2D eigenvalue weighted by molar-refractivity contribution is 0.104. The van der Waals surface area contributed by atoms with Gasteiger partial charge in [0.1, 0.15) is 0 Å². The van der Waals surface area contributed by atoms with E-state index in [4.69, 9.17) is 0 Å². The third-order valence-electron chi connectivity index (χ3n) is 3.07. The van der Waals surface area contributed by atoms with Crippen LogP contribution in [0.4, 0.5) is 10.5 Å². The van der Waals surface area contributed by atoms with Crippen LogP contribution in [0.5, 0.6) is 0 Å². The number of benzene rings is 2. The van der Waals surface area contributed by atoms with E-state index in [1.54, 1.807) is 36.4 Å². The molecule has 0 saturated heterocycles. The first-order valence-electron chi connectivity index (χ1n) is 7.49. The van der Waals surface area contributed by atoms with Crippen molar-refractivity contribution < 1.29 is 9.59 Å². The topological polar surface area (TPSA) is 58.2 Å². The van der Waals surface area contributed by atoms with E-state index in [9.17, 15) is 9.59 Å². The molecule has 2 amide bonds. The number of nitrogens with one attached hydrogen (secondary N) is 2. The molecule has 0 aromatic heterocycles. The molecule has 0 spiro atoms. The average molecular weight is 308 g/mol. The van der Waals surface area contributed by atoms with E-state index in [0.29, 0.717) is 11.3 Å². The van der Waals surface area contributed by atoms with Crippen molar-refractivity contribution in [3.63, 3.8) is 0 Å². The van der Waals surface area contributed by atoms with Crippen molar-refractivity contribution in [2.45, 2.75) is 19.9 Å². The molecule has 0 bridgehead atoms. The molecule has 2 aromatic rings. The lowest BCUT2D eigenvalue weighted by Gasteiger charge is -2.10.